The Morgan fingerprint density at radius 3 is 2.60 bits per heavy atom. The van der Waals surface area contributed by atoms with Crippen molar-refractivity contribution in [3.63, 3.8) is 0 Å². The number of fused-ring (bicyclic) bond motifs is 1. The van der Waals surface area contributed by atoms with Gasteiger partial charge in [0.05, 0.1) is 0 Å². The van der Waals surface area contributed by atoms with Crippen LogP contribution in [0.1, 0.15) is 20.3 Å². The van der Waals surface area contributed by atoms with Crippen molar-refractivity contribution in [2.24, 2.45) is 11.7 Å². The fourth-order valence-electron chi connectivity index (χ4n) is 3.14. The molecule has 3 unspecified atom stereocenters. The zero-order chi connectivity index (χ0) is 14.3. The summed E-state index contributed by atoms with van der Waals surface area (Å²) in [6.45, 7) is 5.60. The summed E-state index contributed by atoms with van der Waals surface area (Å²) >= 11 is 3.53. The van der Waals surface area contributed by atoms with E-state index < -0.39 is 0 Å². The molecule has 2 aromatic rings. The second-order valence-electron chi connectivity index (χ2n) is 5.92. The van der Waals surface area contributed by atoms with Gasteiger partial charge in [0.2, 0.25) is 0 Å². The Hall–Kier alpha value is -1.06. The standard InChI is InChI=1S/C17H21BrN2/c1-11-12(2)20(8-7-17(11)19)16-6-4-13-9-15(18)5-3-14(13)10-16/h3-6,9-12,17H,7-8,19H2,1-2H3. The van der Waals surface area contributed by atoms with Crippen molar-refractivity contribution in [3.05, 3.63) is 40.9 Å². The van der Waals surface area contributed by atoms with Crippen molar-refractivity contribution >= 4 is 32.4 Å². The van der Waals surface area contributed by atoms with Crippen LogP contribution in [0.3, 0.4) is 0 Å². The Labute approximate surface area is 129 Å². The molecule has 2 nitrogen and oxygen atoms in total. The zero-order valence-corrected chi connectivity index (χ0v) is 13.6. The highest BCUT2D eigenvalue weighted by atomic mass is 79.9. The largest absolute Gasteiger partial charge is 0.368 e. The molecule has 2 N–H and O–H groups in total. The molecule has 1 heterocycles. The van der Waals surface area contributed by atoms with Gasteiger partial charge < -0.3 is 10.6 Å². The first-order valence-corrected chi connectivity index (χ1v) is 8.07. The average Bonchev–Trinajstić information content (AvgIpc) is 2.44. The van der Waals surface area contributed by atoms with Crippen molar-refractivity contribution in [2.75, 3.05) is 11.4 Å². The second kappa shape index (κ2) is 5.38. The zero-order valence-electron chi connectivity index (χ0n) is 12.0. The fourth-order valence-corrected chi connectivity index (χ4v) is 3.52. The lowest BCUT2D eigenvalue weighted by Gasteiger charge is -2.43. The van der Waals surface area contributed by atoms with E-state index in [1.54, 1.807) is 0 Å². The van der Waals surface area contributed by atoms with E-state index in [9.17, 15) is 0 Å². The van der Waals surface area contributed by atoms with Gasteiger partial charge >= 0.3 is 0 Å². The summed E-state index contributed by atoms with van der Waals surface area (Å²) < 4.78 is 1.13. The SMILES string of the molecule is CC1C(N)CCN(c2ccc3cc(Br)ccc3c2)C1C. The van der Waals surface area contributed by atoms with Crippen molar-refractivity contribution in [2.45, 2.75) is 32.4 Å². The summed E-state index contributed by atoms with van der Waals surface area (Å²) in [6, 6.07) is 14.0. The normalized spacial score (nSPS) is 27.0. The highest BCUT2D eigenvalue weighted by Gasteiger charge is 2.30. The second-order valence-corrected chi connectivity index (χ2v) is 6.84. The molecule has 20 heavy (non-hydrogen) atoms. The highest BCUT2D eigenvalue weighted by Crippen LogP contribution is 2.31. The van der Waals surface area contributed by atoms with Crippen molar-refractivity contribution in [3.8, 4) is 0 Å². The van der Waals surface area contributed by atoms with Gasteiger partial charge in [0, 0.05) is 28.8 Å². The van der Waals surface area contributed by atoms with Crippen LogP contribution in [0.15, 0.2) is 40.9 Å². The molecule has 1 aliphatic rings. The van der Waals surface area contributed by atoms with E-state index in [1.165, 1.54) is 16.5 Å². The molecule has 0 bridgehead atoms. The number of hydrogen-bond donors (Lipinski definition) is 1. The lowest BCUT2D eigenvalue weighted by Crippen LogP contribution is -2.51. The van der Waals surface area contributed by atoms with Gasteiger partial charge in [0.15, 0.2) is 0 Å². The Kier molecular flexibility index (Phi) is 3.74. The van der Waals surface area contributed by atoms with Crippen LogP contribution in [0.4, 0.5) is 5.69 Å². The lowest BCUT2D eigenvalue weighted by molar-refractivity contribution is 0.316. The molecule has 106 valence electrons. The molecule has 1 fully saturated rings. The quantitative estimate of drug-likeness (QED) is 0.849. The van der Waals surface area contributed by atoms with Crippen LogP contribution < -0.4 is 10.6 Å². The van der Waals surface area contributed by atoms with Gasteiger partial charge in [0.1, 0.15) is 0 Å². The maximum atomic E-state index is 6.18. The molecule has 1 aliphatic heterocycles. The summed E-state index contributed by atoms with van der Waals surface area (Å²) in [5.74, 6) is 0.532. The van der Waals surface area contributed by atoms with Gasteiger partial charge in [-0.1, -0.05) is 35.0 Å². The smallest absolute Gasteiger partial charge is 0.0375 e. The maximum Gasteiger partial charge on any atom is 0.0375 e. The van der Waals surface area contributed by atoms with Crippen LogP contribution in [-0.2, 0) is 0 Å². The first-order valence-electron chi connectivity index (χ1n) is 7.28. The number of hydrogen-bond acceptors (Lipinski definition) is 2. The minimum Gasteiger partial charge on any atom is -0.368 e. The fraction of sp³-hybridized carbons (Fsp3) is 0.412. The first kappa shape index (κ1) is 13.9. The maximum absolute atomic E-state index is 6.18. The van der Waals surface area contributed by atoms with E-state index in [-0.39, 0.29) is 0 Å². The summed E-state index contributed by atoms with van der Waals surface area (Å²) in [6.07, 6.45) is 1.07. The predicted molar refractivity (Wildman–Crippen MR) is 90.2 cm³/mol. The van der Waals surface area contributed by atoms with E-state index in [0.717, 1.165) is 17.4 Å². The van der Waals surface area contributed by atoms with E-state index in [2.05, 4.69) is 71.1 Å². The Morgan fingerprint density at radius 2 is 1.80 bits per heavy atom. The van der Waals surface area contributed by atoms with Crippen LogP contribution in [-0.4, -0.2) is 18.6 Å². The van der Waals surface area contributed by atoms with Crippen molar-refractivity contribution in [1.29, 1.82) is 0 Å². The third-order valence-electron chi connectivity index (χ3n) is 4.75. The minimum atomic E-state index is 0.331. The molecule has 0 amide bonds. The van der Waals surface area contributed by atoms with Crippen LogP contribution >= 0.6 is 15.9 Å². The Morgan fingerprint density at radius 1 is 1.10 bits per heavy atom. The number of rotatable bonds is 1. The van der Waals surface area contributed by atoms with E-state index in [0.29, 0.717) is 18.0 Å². The third-order valence-corrected chi connectivity index (χ3v) is 5.24. The molecular weight excluding hydrogens is 312 g/mol. The molecule has 2 aromatic carbocycles. The number of anilines is 1. The number of benzene rings is 2. The van der Waals surface area contributed by atoms with Gasteiger partial charge in [-0.2, -0.15) is 0 Å². The first-order chi connectivity index (χ1) is 9.56. The average molecular weight is 333 g/mol. The highest BCUT2D eigenvalue weighted by molar-refractivity contribution is 9.10. The molecule has 0 aliphatic carbocycles. The van der Waals surface area contributed by atoms with Crippen LogP contribution in [0.2, 0.25) is 0 Å². The van der Waals surface area contributed by atoms with Crippen LogP contribution in [0.5, 0.6) is 0 Å². The van der Waals surface area contributed by atoms with Crippen LogP contribution in [0.25, 0.3) is 10.8 Å². The van der Waals surface area contributed by atoms with Gasteiger partial charge in [-0.15, -0.1) is 0 Å². The van der Waals surface area contributed by atoms with Crippen LogP contribution in [0, 0.1) is 5.92 Å². The summed E-state index contributed by atoms with van der Waals surface area (Å²) in [5.41, 5.74) is 7.50. The molecule has 0 spiro atoms. The van der Waals surface area contributed by atoms with Gasteiger partial charge in [-0.25, -0.2) is 0 Å². The Balaban J connectivity index is 1.96. The van der Waals surface area contributed by atoms with E-state index >= 15 is 0 Å². The van der Waals surface area contributed by atoms with E-state index in [1.807, 2.05) is 0 Å². The molecule has 0 radical (unpaired) electrons. The molecule has 1 saturated heterocycles. The summed E-state index contributed by atoms with van der Waals surface area (Å²) in [4.78, 5) is 2.50. The van der Waals surface area contributed by atoms with Crippen molar-refractivity contribution in [1.82, 2.24) is 0 Å². The minimum absolute atomic E-state index is 0.331. The molecule has 0 aromatic heterocycles. The molecule has 0 saturated carbocycles. The molecule has 3 rings (SSSR count). The van der Waals surface area contributed by atoms with E-state index in [4.69, 9.17) is 5.73 Å². The number of halogens is 1. The number of nitrogens with zero attached hydrogens (tertiary/aromatic N) is 1. The van der Waals surface area contributed by atoms with Gasteiger partial charge in [-0.3, -0.25) is 0 Å². The summed E-state index contributed by atoms with van der Waals surface area (Å²) in [7, 11) is 0. The monoisotopic (exact) mass is 332 g/mol. The molecule has 3 atom stereocenters. The van der Waals surface area contributed by atoms with Gasteiger partial charge in [0.25, 0.3) is 0 Å². The topological polar surface area (TPSA) is 29.3 Å². The molecular formula is C17H21BrN2. The summed E-state index contributed by atoms with van der Waals surface area (Å²) in [5, 5.41) is 2.57. The predicted octanol–water partition coefficient (Wildman–Crippen LogP) is 4.16. The van der Waals surface area contributed by atoms with Crippen molar-refractivity contribution < 1.29 is 0 Å². The lowest BCUT2D eigenvalue weighted by atomic mass is 9.87. The number of piperidine rings is 1. The Bertz CT molecular complexity index is 625. The molecule has 3 heteroatoms. The van der Waals surface area contributed by atoms with Gasteiger partial charge in [-0.05, 0) is 54.3 Å². The number of nitrogens with two attached hydrogens (primary N) is 1. The third kappa shape index (κ3) is 2.45.